The fourth-order valence-electron chi connectivity index (χ4n) is 3.06. The van der Waals surface area contributed by atoms with E-state index < -0.39 is 0 Å². The van der Waals surface area contributed by atoms with Crippen molar-refractivity contribution in [3.8, 4) is 5.69 Å². The number of aromatic nitrogens is 4. The number of nitrogens with zero attached hydrogens (tertiary/aromatic N) is 4. The summed E-state index contributed by atoms with van der Waals surface area (Å²) in [6.45, 7) is 2.86. The molecule has 0 amide bonds. The van der Waals surface area contributed by atoms with E-state index in [1.54, 1.807) is 6.20 Å². The fraction of sp³-hybridized carbons (Fsp3) is 0.150. The molecule has 0 unspecified atom stereocenters. The van der Waals surface area contributed by atoms with Crippen molar-refractivity contribution in [3.05, 3.63) is 84.4 Å². The third kappa shape index (κ3) is 3.14. The lowest BCUT2D eigenvalue weighted by molar-refractivity contribution is 0.560. The molecule has 0 fully saturated rings. The number of para-hydroxylation sites is 1. The van der Waals surface area contributed by atoms with Gasteiger partial charge in [-0.05, 0) is 36.1 Å². The third-order valence-corrected chi connectivity index (χ3v) is 4.39. The molecule has 0 spiro atoms. The second-order valence-corrected chi connectivity index (χ2v) is 6.02. The van der Waals surface area contributed by atoms with Crippen molar-refractivity contribution in [2.75, 3.05) is 0 Å². The van der Waals surface area contributed by atoms with Crippen LogP contribution < -0.4 is 5.32 Å². The Morgan fingerprint density at radius 3 is 2.76 bits per heavy atom. The fourth-order valence-corrected chi connectivity index (χ4v) is 3.06. The summed E-state index contributed by atoms with van der Waals surface area (Å²) >= 11 is 0. The van der Waals surface area contributed by atoms with Gasteiger partial charge in [0.2, 0.25) is 0 Å². The van der Waals surface area contributed by atoms with E-state index in [0.29, 0.717) is 6.54 Å². The lowest BCUT2D eigenvalue weighted by Gasteiger charge is -2.16. The van der Waals surface area contributed by atoms with E-state index in [0.717, 1.165) is 16.8 Å². The average molecular weight is 329 g/mol. The molecule has 2 heterocycles. The zero-order valence-corrected chi connectivity index (χ0v) is 14.0. The first-order chi connectivity index (χ1) is 12.3. The molecule has 124 valence electrons. The Bertz CT molecular complexity index is 972. The molecule has 0 saturated heterocycles. The Morgan fingerprint density at radius 2 is 1.88 bits per heavy atom. The minimum atomic E-state index is 0.199. The maximum absolute atomic E-state index is 4.21. The highest BCUT2D eigenvalue weighted by Gasteiger charge is 2.11. The summed E-state index contributed by atoms with van der Waals surface area (Å²) in [5.41, 5.74) is 3.30. The summed E-state index contributed by atoms with van der Waals surface area (Å²) in [4.78, 5) is 4.20. The highest BCUT2D eigenvalue weighted by atomic mass is 15.4. The first kappa shape index (κ1) is 15.5. The maximum atomic E-state index is 4.21. The minimum absolute atomic E-state index is 0.199. The van der Waals surface area contributed by atoms with Gasteiger partial charge in [-0.2, -0.15) is 0 Å². The predicted octanol–water partition coefficient (Wildman–Crippen LogP) is 3.67. The predicted molar refractivity (Wildman–Crippen MR) is 98.4 cm³/mol. The standard InChI is InChI=1S/C20H19N5/c1-15(19-9-5-6-16-12-21-11-10-20(16)19)22-13-18-14-23-24-25(18)17-7-3-2-4-8-17/h2-12,14-15,22H,13H2,1H3/t15-/m0/s1. The molecule has 0 radical (unpaired) electrons. The Labute approximate surface area is 146 Å². The third-order valence-electron chi connectivity index (χ3n) is 4.39. The largest absolute Gasteiger partial charge is 0.304 e. The van der Waals surface area contributed by atoms with Crippen LogP contribution >= 0.6 is 0 Å². The van der Waals surface area contributed by atoms with Crippen molar-refractivity contribution in [1.82, 2.24) is 25.3 Å². The second kappa shape index (κ2) is 6.83. The molecule has 0 bridgehead atoms. The molecule has 2 aromatic carbocycles. The normalized spacial score (nSPS) is 12.4. The molecule has 5 nitrogen and oxygen atoms in total. The van der Waals surface area contributed by atoms with Gasteiger partial charge in [0.15, 0.2) is 0 Å². The van der Waals surface area contributed by atoms with Crippen LogP contribution in [0.15, 0.2) is 73.2 Å². The topological polar surface area (TPSA) is 55.6 Å². The quantitative estimate of drug-likeness (QED) is 0.607. The lowest BCUT2D eigenvalue weighted by atomic mass is 10.0. The first-order valence-electron chi connectivity index (χ1n) is 8.34. The summed E-state index contributed by atoms with van der Waals surface area (Å²) in [5, 5.41) is 14.2. The zero-order chi connectivity index (χ0) is 17.1. The van der Waals surface area contributed by atoms with Crippen LogP contribution in [0.5, 0.6) is 0 Å². The summed E-state index contributed by atoms with van der Waals surface area (Å²) in [6.07, 6.45) is 5.55. The molecule has 25 heavy (non-hydrogen) atoms. The van der Waals surface area contributed by atoms with E-state index in [2.05, 4.69) is 51.8 Å². The van der Waals surface area contributed by atoms with Gasteiger partial charge in [-0.15, -0.1) is 5.10 Å². The molecular weight excluding hydrogens is 310 g/mol. The van der Waals surface area contributed by atoms with Crippen LogP contribution in [0.2, 0.25) is 0 Å². The minimum Gasteiger partial charge on any atom is -0.304 e. The molecule has 4 rings (SSSR count). The van der Waals surface area contributed by atoms with Crippen molar-refractivity contribution in [1.29, 1.82) is 0 Å². The van der Waals surface area contributed by atoms with E-state index in [-0.39, 0.29) is 6.04 Å². The van der Waals surface area contributed by atoms with Gasteiger partial charge in [0.25, 0.3) is 0 Å². The van der Waals surface area contributed by atoms with Crippen molar-refractivity contribution in [3.63, 3.8) is 0 Å². The van der Waals surface area contributed by atoms with Gasteiger partial charge in [0.05, 0.1) is 17.6 Å². The van der Waals surface area contributed by atoms with E-state index in [1.165, 1.54) is 10.9 Å². The zero-order valence-electron chi connectivity index (χ0n) is 14.0. The van der Waals surface area contributed by atoms with Crippen LogP contribution in [0, 0.1) is 0 Å². The number of pyridine rings is 1. The van der Waals surface area contributed by atoms with Crippen molar-refractivity contribution in [2.45, 2.75) is 19.5 Å². The van der Waals surface area contributed by atoms with Crippen LogP contribution in [-0.2, 0) is 6.54 Å². The number of rotatable bonds is 5. The molecule has 1 atom stereocenters. The number of hydrogen-bond acceptors (Lipinski definition) is 4. The van der Waals surface area contributed by atoms with E-state index in [9.17, 15) is 0 Å². The van der Waals surface area contributed by atoms with Crippen LogP contribution in [0.4, 0.5) is 0 Å². The molecular formula is C20H19N5. The highest BCUT2D eigenvalue weighted by molar-refractivity contribution is 5.85. The van der Waals surface area contributed by atoms with Crippen LogP contribution in [0.3, 0.4) is 0 Å². The molecule has 0 saturated carbocycles. The molecule has 2 aromatic heterocycles. The molecule has 0 aliphatic heterocycles. The molecule has 1 N–H and O–H groups in total. The molecule has 0 aliphatic rings. The Kier molecular flexibility index (Phi) is 4.23. The highest BCUT2D eigenvalue weighted by Crippen LogP contribution is 2.23. The Balaban J connectivity index is 1.55. The van der Waals surface area contributed by atoms with E-state index in [1.807, 2.05) is 47.4 Å². The molecule has 4 aromatic rings. The maximum Gasteiger partial charge on any atom is 0.0783 e. The van der Waals surface area contributed by atoms with Gasteiger partial charge < -0.3 is 5.32 Å². The van der Waals surface area contributed by atoms with Crippen LogP contribution in [0.1, 0.15) is 24.2 Å². The van der Waals surface area contributed by atoms with Gasteiger partial charge in [0, 0.05) is 30.4 Å². The average Bonchev–Trinajstić information content (AvgIpc) is 3.15. The Hall–Kier alpha value is -3.05. The first-order valence-corrected chi connectivity index (χ1v) is 8.34. The van der Waals surface area contributed by atoms with Gasteiger partial charge in [0.1, 0.15) is 0 Å². The van der Waals surface area contributed by atoms with Gasteiger partial charge in [-0.1, -0.05) is 41.6 Å². The lowest BCUT2D eigenvalue weighted by Crippen LogP contribution is -2.20. The molecule has 5 heteroatoms. The van der Waals surface area contributed by atoms with E-state index >= 15 is 0 Å². The number of benzene rings is 2. The van der Waals surface area contributed by atoms with Gasteiger partial charge in [-0.3, -0.25) is 4.98 Å². The SMILES string of the molecule is C[C@H](NCc1cnnn1-c1ccccc1)c1cccc2cnccc12. The van der Waals surface area contributed by atoms with E-state index in [4.69, 9.17) is 0 Å². The Morgan fingerprint density at radius 1 is 1.00 bits per heavy atom. The van der Waals surface area contributed by atoms with Gasteiger partial charge in [-0.25, -0.2) is 4.68 Å². The summed E-state index contributed by atoms with van der Waals surface area (Å²) in [6, 6.07) is 18.6. The van der Waals surface area contributed by atoms with Crippen molar-refractivity contribution >= 4 is 10.8 Å². The molecule has 0 aliphatic carbocycles. The van der Waals surface area contributed by atoms with Crippen molar-refractivity contribution < 1.29 is 0 Å². The van der Waals surface area contributed by atoms with Crippen LogP contribution in [-0.4, -0.2) is 20.0 Å². The van der Waals surface area contributed by atoms with Crippen molar-refractivity contribution in [2.24, 2.45) is 0 Å². The summed E-state index contributed by atoms with van der Waals surface area (Å²) in [7, 11) is 0. The summed E-state index contributed by atoms with van der Waals surface area (Å²) in [5.74, 6) is 0. The number of fused-ring (bicyclic) bond motifs is 1. The monoisotopic (exact) mass is 329 g/mol. The van der Waals surface area contributed by atoms with Crippen LogP contribution in [0.25, 0.3) is 16.5 Å². The second-order valence-electron chi connectivity index (χ2n) is 6.02. The number of hydrogen-bond donors (Lipinski definition) is 1. The smallest absolute Gasteiger partial charge is 0.0783 e. The summed E-state index contributed by atoms with van der Waals surface area (Å²) < 4.78 is 1.87. The number of nitrogens with one attached hydrogen (secondary N) is 1. The van der Waals surface area contributed by atoms with Gasteiger partial charge >= 0.3 is 0 Å².